The average Bonchev–Trinajstić information content (AvgIpc) is 2.38. The normalized spacial score (nSPS) is 9.95. The highest BCUT2D eigenvalue weighted by Gasteiger charge is 1.94. The number of aromatic hydroxyl groups is 1. The molecule has 2 aromatic rings. The highest BCUT2D eigenvalue weighted by molar-refractivity contribution is 9.10. The van der Waals surface area contributed by atoms with Gasteiger partial charge in [0.15, 0.2) is 0 Å². The maximum atomic E-state index is 8.78. The largest absolute Gasteiger partial charge is 0.508 e. The van der Waals surface area contributed by atoms with E-state index in [2.05, 4.69) is 36.8 Å². The van der Waals surface area contributed by atoms with Gasteiger partial charge in [-0.25, -0.2) is 0 Å². The van der Waals surface area contributed by atoms with Crippen LogP contribution in [0.5, 0.6) is 11.5 Å². The molecule has 2 aromatic carbocycles. The predicted octanol–water partition coefficient (Wildman–Crippen LogP) is 4.54. The quantitative estimate of drug-likeness (QED) is 0.793. The summed E-state index contributed by atoms with van der Waals surface area (Å²) in [5.74, 6) is 1.20. The van der Waals surface area contributed by atoms with E-state index in [1.807, 2.05) is 44.4 Å². The lowest BCUT2D eigenvalue weighted by Crippen LogP contribution is -2.19. The van der Waals surface area contributed by atoms with Gasteiger partial charge in [0.05, 0.1) is 0 Å². The van der Waals surface area contributed by atoms with Crippen LogP contribution in [-0.4, -0.2) is 37.3 Å². The Hall–Kier alpha value is -1.04. The van der Waals surface area contributed by atoms with Crippen LogP contribution in [0.3, 0.4) is 0 Å². The van der Waals surface area contributed by atoms with Crippen molar-refractivity contribution >= 4 is 31.9 Å². The minimum Gasteiger partial charge on any atom is -0.508 e. The topological polar surface area (TPSA) is 32.7 Å². The molecule has 2 rings (SSSR count). The second kappa shape index (κ2) is 9.82. The van der Waals surface area contributed by atoms with Crippen molar-refractivity contribution in [3.8, 4) is 11.5 Å². The summed E-state index contributed by atoms with van der Waals surface area (Å²) < 4.78 is 7.48. The van der Waals surface area contributed by atoms with Crippen molar-refractivity contribution in [2.75, 3.05) is 27.2 Å². The van der Waals surface area contributed by atoms with E-state index in [4.69, 9.17) is 9.84 Å². The molecular formula is C16H19Br2NO2. The van der Waals surface area contributed by atoms with Gasteiger partial charge in [0.25, 0.3) is 0 Å². The molecule has 0 bridgehead atoms. The third-order valence-electron chi connectivity index (χ3n) is 2.41. The van der Waals surface area contributed by atoms with Gasteiger partial charge >= 0.3 is 0 Å². The molecule has 0 spiro atoms. The van der Waals surface area contributed by atoms with E-state index in [0.29, 0.717) is 5.75 Å². The zero-order chi connectivity index (χ0) is 15.7. The number of rotatable bonds is 4. The number of benzene rings is 2. The van der Waals surface area contributed by atoms with Crippen LogP contribution in [-0.2, 0) is 0 Å². The summed E-state index contributed by atoms with van der Waals surface area (Å²) in [5.41, 5.74) is 0. The number of phenols is 1. The summed E-state index contributed by atoms with van der Waals surface area (Å²) in [6.07, 6.45) is 0. The van der Waals surface area contributed by atoms with Crippen molar-refractivity contribution < 1.29 is 9.84 Å². The Kier molecular flexibility index (Phi) is 8.42. The lowest BCUT2D eigenvalue weighted by atomic mass is 10.3. The van der Waals surface area contributed by atoms with E-state index in [9.17, 15) is 0 Å². The van der Waals surface area contributed by atoms with E-state index >= 15 is 0 Å². The molecule has 0 aromatic heterocycles. The fraction of sp³-hybridized carbons (Fsp3) is 0.250. The van der Waals surface area contributed by atoms with Crippen molar-refractivity contribution in [2.45, 2.75) is 0 Å². The zero-order valence-corrected chi connectivity index (χ0v) is 15.3. The Balaban J connectivity index is 0.000000235. The summed E-state index contributed by atoms with van der Waals surface area (Å²) in [6.45, 7) is 1.66. The standard InChI is InChI=1S/C10H14BrNO.C6H5BrO/c1-12(2)6-7-13-10-5-3-4-9(11)8-10;7-5-2-1-3-6(8)4-5/h3-5,8H,6-7H2,1-2H3;1-4,8H. The molecule has 0 aliphatic heterocycles. The van der Waals surface area contributed by atoms with Crippen LogP contribution in [0.2, 0.25) is 0 Å². The number of ether oxygens (including phenoxy) is 1. The zero-order valence-electron chi connectivity index (χ0n) is 12.1. The summed E-state index contributed by atoms with van der Waals surface area (Å²) in [7, 11) is 4.06. The molecule has 5 heteroatoms. The number of likely N-dealkylation sites (N-methyl/N-ethyl adjacent to an activating group) is 1. The fourth-order valence-corrected chi connectivity index (χ4v) is 2.14. The molecule has 0 saturated heterocycles. The molecule has 0 radical (unpaired) electrons. The maximum Gasteiger partial charge on any atom is 0.120 e. The number of hydrogen-bond acceptors (Lipinski definition) is 3. The minimum atomic E-state index is 0.291. The van der Waals surface area contributed by atoms with Gasteiger partial charge in [-0.1, -0.05) is 44.0 Å². The number of phenolic OH excluding ortho intramolecular Hbond substituents is 1. The van der Waals surface area contributed by atoms with Gasteiger partial charge in [0.1, 0.15) is 18.1 Å². The molecular weight excluding hydrogens is 398 g/mol. The van der Waals surface area contributed by atoms with Crippen molar-refractivity contribution in [3.63, 3.8) is 0 Å². The molecule has 114 valence electrons. The highest BCUT2D eigenvalue weighted by atomic mass is 79.9. The molecule has 0 amide bonds. The first kappa shape index (κ1) is 18.0. The molecule has 0 heterocycles. The van der Waals surface area contributed by atoms with Crippen LogP contribution in [0.4, 0.5) is 0 Å². The first-order valence-corrected chi connectivity index (χ1v) is 8.03. The summed E-state index contributed by atoms with van der Waals surface area (Å²) in [6, 6.07) is 14.8. The van der Waals surface area contributed by atoms with Gasteiger partial charge in [-0.3, -0.25) is 0 Å². The smallest absolute Gasteiger partial charge is 0.120 e. The van der Waals surface area contributed by atoms with E-state index in [1.54, 1.807) is 18.2 Å². The first-order valence-electron chi connectivity index (χ1n) is 6.45. The Labute approximate surface area is 142 Å². The Morgan fingerprint density at radius 3 is 2.10 bits per heavy atom. The summed E-state index contributed by atoms with van der Waals surface area (Å²) in [4.78, 5) is 2.10. The average molecular weight is 417 g/mol. The van der Waals surface area contributed by atoms with Crippen LogP contribution in [0.25, 0.3) is 0 Å². The van der Waals surface area contributed by atoms with E-state index in [0.717, 1.165) is 27.8 Å². The Morgan fingerprint density at radius 2 is 1.62 bits per heavy atom. The van der Waals surface area contributed by atoms with Gasteiger partial charge in [-0.05, 0) is 50.5 Å². The van der Waals surface area contributed by atoms with E-state index < -0.39 is 0 Å². The summed E-state index contributed by atoms with van der Waals surface area (Å²) in [5, 5.41) is 8.78. The lowest BCUT2D eigenvalue weighted by Gasteiger charge is -2.10. The predicted molar refractivity (Wildman–Crippen MR) is 94.0 cm³/mol. The van der Waals surface area contributed by atoms with Crippen LogP contribution < -0.4 is 4.74 Å². The van der Waals surface area contributed by atoms with Crippen molar-refractivity contribution in [1.82, 2.24) is 4.90 Å². The molecule has 0 aliphatic carbocycles. The van der Waals surface area contributed by atoms with Gasteiger partial charge in [-0.15, -0.1) is 0 Å². The van der Waals surface area contributed by atoms with Crippen LogP contribution in [0.15, 0.2) is 57.5 Å². The highest BCUT2D eigenvalue weighted by Crippen LogP contribution is 2.17. The van der Waals surface area contributed by atoms with Crippen LogP contribution >= 0.6 is 31.9 Å². The van der Waals surface area contributed by atoms with Crippen LogP contribution in [0.1, 0.15) is 0 Å². The SMILES string of the molecule is CN(C)CCOc1cccc(Br)c1.Oc1cccc(Br)c1. The molecule has 0 fully saturated rings. The molecule has 0 saturated carbocycles. The first-order chi connectivity index (χ1) is 9.97. The summed E-state index contributed by atoms with van der Waals surface area (Å²) >= 11 is 6.59. The second-order valence-electron chi connectivity index (χ2n) is 4.59. The number of nitrogens with zero attached hydrogens (tertiary/aromatic N) is 1. The molecule has 0 aliphatic rings. The van der Waals surface area contributed by atoms with Crippen molar-refractivity contribution in [2.24, 2.45) is 0 Å². The molecule has 1 N–H and O–H groups in total. The van der Waals surface area contributed by atoms with Crippen molar-refractivity contribution in [3.05, 3.63) is 57.5 Å². The number of halogens is 2. The molecule has 21 heavy (non-hydrogen) atoms. The van der Waals surface area contributed by atoms with Gasteiger partial charge in [0.2, 0.25) is 0 Å². The Bertz CT molecular complexity index is 530. The number of hydrogen-bond donors (Lipinski definition) is 1. The third kappa shape index (κ3) is 8.75. The van der Waals surface area contributed by atoms with E-state index in [-0.39, 0.29) is 0 Å². The Morgan fingerprint density at radius 1 is 1.00 bits per heavy atom. The second-order valence-corrected chi connectivity index (χ2v) is 6.42. The molecule has 0 unspecified atom stereocenters. The van der Waals surface area contributed by atoms with Crippen molar-refractivity contribution in [1.29, 1.82) is 0 Å². The maximum absolute atomic E-state index is 8.78. The molecule has 3 nitrogen and oxygen atoms in total. The monoisotopic (exact) mass is 415 g/mol. The van der Waals surface area contributed by atoms with Gasteiger partial charge in [-0.2, -0.15) is 0 Å². The van der Waals surface area contributed by atoms with Crippen LogP contribution in [0, 0.1) is 0 Å². The molecule has 0 atom stereocenters. The lowest BCUT2D eigenvalue weighted by molar-refractivity contribution is 0.261. The van der Waals surface area contributed by atoms with Gasteiger partial charge < -0.3 is 14.7 Å². The van der Waals surface area contributed by atoms with E-state index in [1.165, 1.54) is 0 Å². The minimum absolute atomic E-state index is 0.291. The fourth-order valence-electron chi connectivity index (χ4n) is 1.38. The third-order valence-corrected chi connectivity index (χ3v) is 3.40. The van der Waals surface area contributed by atoms with Gasteiger partial charge in [0, 0.05) is 15.5 Å².